The summed E-state index contributed by atoms with van der Waals surface area (Å²) in [7, 11) is 3.96. The van der Waals surface area contributed by atoms with Crippen LogP contribution >= 0.6 is 0 Å². The number of aromatic nitrogens is 4. The third kappa shape index (κ3) is 6.20. The highest BCUT2D eigenvalue weighted by Gasteiger charge is 2.31. The number of benzene rings is 1. The predicted molar refractivity (Wildman–Crippen MR) is 161 cm³/mol. The fourth-order valence-electron chi connectivity index (χ4n) is 5.31. The van der Waals surface area contributed by atoms with E-state index in [9.17, 15) is 9.59 Å². The number of likely N-dealkylation sites (tertiary alicyclic amines) is 1. The smallest absolute Gasteiger partial charge is 0.256 e. The molecular formula is C32H37N7O2. The predicted octanol–water partition coefficient (Wildman–Crippen LogP) is 5.09. The summed E-state index contributed by atoms with van der Waals surface area (Å²) in [5.41, 5.74) is 5.07. The number of nitrogens with zero attached hydrogens (tertiary/aromatic N) is 6. The molecule has 1 aromatic carbocycles. The lowest BCUT2D eigenvalue weighted by atomic mass is 10.0. The Hall–Kier alpha value is -4.37. The SMILES string of the molecule is CCc1ccnc(NC(=O)c2ccc(-c3nc(C4CCCCN4C(=O)C=CCN(C)C)n4ccnc(C)c34)cc2)c1. The number of likely N-dealkylation sites (N-methyl/N-ethyl adjacent to an activating group) is 1. The van der Waals surface area contributed by atoms with Crippen molar-refractivity contribution in [3.05, 3.63) is 89.8 Å². The maximum atomic E-state index is 13.2. The number of pyridine rings is 1. The Morgan fingerprint density at radius 1 is 1.10 bits per heavy atom. The van der Waals surface area contributed by atoms with E-state index in [0.29, 0.717) is 24.5 Å². The number of nitrogens with one attached hydrogen (secondary N) is 1. The van der Waals surface area contributed by atoms with Crippen molar-refractivity contribution in [2.45, 2.75) is 45.6 Å². The summed E-state index contributed by atoms with van der Waals surface area (Å²) in [6, 6.07) is 11.1. The van der Waals surface area contributed by atoms with Crippen molar-refractivity contribution in [2.75, 3.05) is 32.5 Å². The molecule has 3 aromatic heterocycles. The van der Waals surface area contributed by atoms with Crippen LogP contribution in [0.25, 0.3) is 16.8 Å². The number of anilines is 1. The molecule has 1 aliphatic rings. The van der Waals surface area contributed by atoms with E-state index in [1.807, 2.05) is 67.4 Å². The Morgan fingerprint density at radius 3 is 2.66 bits per heavy atom. The van der Waals surface area contributed by atoms with E-state index in [1.54, 1.807) is 30.6 Å². The normalized spacial score (nSPS) is 15.6. The summed E-state index contributed by atoms with van der Waals surface area (Å²) < 4.78 is 2.07. The first-order chi connectivity index (χ1) is 19.9. The zero-order valence-electron chi connectivity index (χ0n) is 24.2. The molecule has 1 N–H and O–H groups in total. The topological polar surface area (TPSA) is 95.7 Å². The van der Waals surface area contributed by atoms with Crippen LogP contribution in [0.1, 0.15) is 59.7 Å². The highest BCUT2D eigenvalue weighted by molar-refractivity contribution is 6.04. The van der Waals surface area contributed by atoms with Gasteiger partial charge in [-0.3, -0.25) is 19.0 Å². The molecule has 1 aliphatic heterocycles. The Kier molecular flexibility index (Phi) is 8.54. The molecule has 41 heavy (non-hydrogen) atoms. The maximum Gasteiger partial charge on any atom is 0.256 e. The Bertz CT molecular complexity index is 1570. The number of carbonyl (C=O) groups is 2. The van der Waals surface area contributed by atoms with E-state index in [0.717, 1.165) is 59.5 Å². The zero-order valence-corrected chi connectivity index (χ0v) is 24.2. The lowest BCUT2D eigenvalue weighted by Gasteiger charge is -2.34. The molecule has 2 amide bonds. The highest BCUT2D eigenvalue weighted by Crippen LogP contribution is 2.35. The number of hydrogen-bond donors (Lipinski definition) is 1. The monoisotopic (exact) mass is 551 g/mol. The second-order valence-corrected chi connectivity index (χ2v) is 10.7. The molecule has 1 saturated heterocycles. The Balaban J connectivity index is 1.45. The van der Waals surface area contributed by atoms with E-state index in [4.69, 9.17) is 4.98 Å². The van der Waals surface area contributed by atoms with Crippen LogP contribution in [0.2, 0.25) is 0 Å². The molecular weight excluding hydrogens is 514 g/mol. The third-order valence-corrected chi connectivity index (χ3v) is 7.47. The van der Waals surface area contributed by atoms with Gasteiger partial charge in [-0.25, -0.2) is 9.97 Å². The first-order valence-corrected chi connectivity index (χ1v) is 14.2. The van der Waals surface area contributed by atoms with Gasteiger partial charge in [-0.15, -0.1) is 0 Å². The highest BCUT2D eigenvalue weighted by atomic mass is 16.2. The molecule has 0 radical (unpaired) electrons. The standard InChI is InChI=1S/C32H37N7O2/c1-5-23-15-16-34-27(21-23)35-32(41)25-13-11-24(12-14-25)29-30-22(2)33-17-20-39(30)31(36-29)26-9-6-7-19-38(26)28(40)10-8-18-37(3)4/h8,10-17,20-21,26H,5-7,9,18-19H2,1-4H3,(H,34,35,41). The molecule has 4 aromatic rings. The average molecular weight is 552 g/mol. The number of carbonyl (C=O) groups excluding carboxylic acids is 2. The van der Waals surface area contributed by atoms with Crippen molar-refractivity contribution in [3.63, 3.8) is 0 Å². The number of aryl methyl sites for hydroxylation is 2. The van der Waals surface area contributed by atoms with Gasteiger partial charge in [-0.2, -0.15) is 0 Å². The maximum absolute atomic E-state index is 13.2. The van der Waals surface area contributed by atoms with Gasteiger partial charge >= 0.3 is 0 Å². The van der Waals surface area contributed by atoms with Crippen LogP contribution in [0.3, 0.4) is 0 Å². The average Bonchev–Trinajstić information content (AvgIpc) is 3.38. The number of fused-ring (bicyclic) bond motifs is 1. The number of amides is 2. The molecule has 0 spiro atoms. The van der Waals surface area contributed by atoms with Gasteiger partial charge in [-0.05, 0) is 76.5 Å². The molecule has 5 rings (SSSR count). The van der Waals surface area contributed by atoms with Crippen LogP contribution in [0.4, 0.5) is 5.82 Å². The third-order valence-electron chi connectivity index (χ3n) is 7.47. The molecule has 0 saturated carbocycles. The first-order valence-electron chi connectivity index (χ1n) is 14.2. The van der Waals surface area contributed by atoms with Crippen LogP contribution in [0.5, 0.6) is 0 Å². The van der Waals surface area contributed by atoms with E-state index < -0.39 is 0 Å². The minimum absolute atomic E-state index is 0.00922. The summed E-state index contributed by atoms with van der Waals surface area (Å²) in [5, 5.41) is 2.89. The molecule has 1 fully saturated rings. The van der Waals surface area contributed by atoms with Crippen LogP contribution < -0.4 is 5.32 Å². The zero-order chi connectivity index (χ0) is 28.9. The summed E-state index contributed by atoms with van der Waals surface area (Å²) in [6.45, 7) is 5.44. The second kappa shape index (κ2) is 12.4. The summed E-state index contributed by atoms with van der Waals surface area (Å²) in [4.78, 5) is 44.1. The quantitative estimate of drug-likeness (QED) is 0.307. The second-order valence-electron chi connectivity index (χ2n) is 10.7. The van der Waals surface area contributed by atoms with Gasteiger partial charge < -0.3 is 15.1 Å². The van der Waals surface area contributed by atoms with Gasteiger partial charge in [0.1, 0.15) is 11.6 Å². The largest absolute Gasteiger partial charge is 0.329 e. The van der Waals surface area contributed by atoms with Gasteiger partial charge in [0, 0.05) is 48.9 Å². The van der Waals surface area contributed by atoms with Crippen molar-refractivity contribution < 1.29 is 9.59 Å². The molecule has 0 bridgehead atoms. The minimum atomic E-state index is -0.218. The van der Waals surface area contributed by atoms with Gasteiger partial charge in [-0.1, -0.05) is 25.1 Å². The van der Waals surface area contributed by atoms with Crippen molar-refractivity contribution in [2.24, 2.45) is 0 Å². The van der Waals surface area contributed by atoms with Gasteiger partial charge in [0.2, 0.25) is 5.91 Å². The van der Waals surface area contributed by atoms with Crippen LogP contribution in [0, 0.1) is 6.92 Å². The number of imidazole rings is 1. The van der Waals surface area contributed by atoms with Crippen LogP contribution in [-0.2, 0) is 11.2 Å². The Labute approximate surface area is 240 Å². The van der Waals surface area contributed by atoms with Crippen molar-refractivity contribution >= 4 is 23.1 Å². The fraction of sp³-hybridized carbons (Fsp3) is 0.344. The fourth-order valence-corrected chi connectivity index (χ4v) is 5.31. The van der Waals surface area contributed by atoms with Crippen molar-refractivity contribution in [3.8, 4) is 11.3 Å². The van der Waals surface area contributed by atoms with Crippen LogP contribution in [-0.4, -0.2) is 68.2 Å². The van der Waals surface area contributed by atoms with Gasteiger partial charge in [0.05, 0.1) is 22.9 Å². The molecule has 4 heterocycles. The van der Waals surface area contributed by atoms with E-state index >= 15 is 0 Å². The summed E-state index contributed by atoms with van der Waals surface area (Å²) in [6.07, 6.45) is 12.7. The lowest BCUT2D eigenvalue weighted by molar-refractivity contribution is -0.130. The number of hydrogen-bond acceptors (Lipinski definition) is 6. The van der Waals surface area contributed by atoms with Gasteiger partial charge in [0.25, 0.3) is 5.91 Å². The molecule has 9 heteroatoms. The Morgan fingerprint density at radius 2 is 1.90 bits per heavy atom. The molecule has 9 nitrogen and oxygen atoms in total. The number of piperidine rings is 1. The first kappa shape index (κ1) is 28.2. The van der Waals surface area contributed by atoms with E-state index in [2.05, 4.69) is 26.6 Å². The molecule has 1 unspecified atom stereocenters. The van der Waals surface area contributed by atoms with Crippen molar-refractivity contribution in [1.29, 1.82) is 0 Å². The lowest BCUT2D eigenvalue weighted by Crippen LogP contribution is -2.38. The van der Waals surface area contributed by atoms with E-state index in [1.165, 1.54) is 0 Å². The van der Waals surface area contributed by atoms with Crippen LogP contribution in [0.15, 0.2) is 67.1 Å². The number of rotatable bonds is 8. The molecule has 212 valence electrons. The minimum Gasteiger partial charge on any atom is -0.329 e. The molecule has 1 atom stereocenters. The van der Waals surface area contributed by atoms with Gasteiger partial charge in [0.15, 0.2) is 0 Å². The summed E-state index contributed by atoms with van der Waals surface area (Å²) >= 11 is 0. The van der Waals surface area contributed by atoms with E-state index in [-0.39, 0.29) is 17.9 Å². The van der Waals surface area contributed by atoms with Crippen molar-refractivity contribution in [1.82, 2.24) is 29.2 Å². The molecule has 0 aliphatic carbocycles. The summed E-state index contributed by atoms with van der Waals surface area (Å²) in [5.74, 6) is 1.16.